The smallest absolute Gasteiger partial charge is 0.371 e. The number of benzene rings is 2. The zero-order valence-electron chi connectivity index (χ0n) is 18.4. The molecule has 2 aromatic carbocycles. The number of nitrogens with zero attached hydrogens (tertiary/aromatic N) is 3. The Morgan fingerprint density at radius 3 is 2.34 bits per heavy atom. The summed E-state index contributed by atoms with van der Waals surface area (Å²) in [6.45, 7) is 0.814. The minimum Gasteiger partial charge on any atom is -0.371 e. The maximum atomic E-state index is 14.2. The van der Waals surface area contributed by atoms with Crippen molar-refractivity contribution in [1.29, 1.82) is 5.26 Å². The molecule has 1 spiro atoms. The van der Waals surface area contributed by atoms with Gasteiger partial charge in [0, 0.05) is 31.4 Å². The number of primary amides is 1. The van der Waals surface area contributed by atoms with Gasteiger partial charge in [0.2, 0.25) is 5.91 Å². The monoisotopic (exact) mass is 492 g/mol. The van der Waals surface area contributed by atoms with E-state index in [1.807, 2.05) is 0 Å². The number of hydrogen-bond donors (Lipinski definition) is 1. The zero-order chi connectivity index (χ0) is 25.5. The van der Waals surface area contributed by atoms with E-state index in [4.69, 9.17) is 11.0 Å². The molecule has 2 aliphatic rings. The maximum absolute atomic E-state index is 14.2. The maximum Gasteiger partial charge on any atom is 0.417 e. The first-order valence-electron chi connectivity index (χ1n) is 10.9. The highest BCUT2D eigenvalue weighted by Gasteiger charge is 2.49. The molecule has 2 aromatic rings. The highest BCUT2D eigenvalue weighted by molar-refractivity contribution is 5.98. The Kier molecular flexibility index (Phi) is 6.17. The predicted molar refractivity (Wildman–Crippen MR) is 115 cm³/mol. The first-order chi connectivity index (χ1) is 16.4. The minimum atomic E-state index is -4.67. The van der Waals surface area contributed by atoms with E-state index in [1.54, 1.807) is 11.0 Å². The van der Waals surface area contributed by atoms with Gasteiger partial charge in [-0.25, -0.2) is 8.78 Å². The molecular weight excluding hydrogens is 471 g/mol. The van der Waals surface area contributed by atoms with E-state index in [0.29, 0.717) is 37.7 Å². The summed E-state index contributed by atoms with van der Waals surface area (Å²) in [5, 5.41) is 9.00. The Hall–Kier alpha value is -3.68. The van der Waals surface area contributed by atoms with Crippen LogP contribution in [0.5, 0.6) is 0 Å². The van der Waals surface area contributed by atoms with Crippen LogP contribution >= 0.6 is 0 Å². The summed E-state index contributed by atoms with van der Waals surface area (Å²) in [6, 6.07) is 6.67. The van der Waals surface area contributed by atoms with Crippen molar-refractivity contribution in [3.05, 3.63) is 64.7 Å². The van der Waals surface area contributed by atoms with Crippen molar-refractivity contribution in [3.8, 4) is 6.07 Å². The summed E-state index contributed by atoms with van der Waals surface area (Å²) in [4.78, 5) is 28.1. The largest absolute Gasteiger partial charge is 0.417 e. The Morgan fingerprint density at radius 1 is 1.09 bits per heavy atom. The minimum absolute atomic E-state index is 0.116. The highest BCUT2D eigenvalue weighted by atomic mass is 19.4. The molecular formula is C24H21F5N4O2. The van der Waals surface area contributed by atoms with E-state index in [2.05, 4.69) is 0 Å². The molecule has 2 N–H and O–H groups in total. The van der Waals surface area contributed by atoms with Crippen LogP contribution in [-0.2, 0) is 11.0 Å². The number of hydrogen-bond acceptors (Lipinski definition) is 4. The zero-order valence-corrected chi connectivity index (χ0v) is 18.4. The molecule has 2 aliphatic heterocycles. The molecule has 0 aromatic heterocycles. The van der Waals surface area contributed by atoms with Crippen molar-refractivity contribution in [2.45, 2.75) is 31.5 Å². The summed E-state index contributed by atoms with van der Waals surface area (Å²) >= 11 is 0. The fraction of sp³-hybridized carbons (Fsp3) is 0.375. The number of carbonyl (C=O) groups is 2. The summed E-state index contributed by atoms with van der Waals surface area (Å²) in [5.41, 5.74) is 3.48. The van der Waals surface area contributed by atoms with Crippen molar-refractivity contribution in [2.75, 3.05) is 24.5 Å². The van der Waals surface area contributed by atoms with Gasteiger partial charge in [-0.3, -0.25) is 9.59 Å². The van der Waals surface area contributed by atoms with E-state index in [9.17, 15) is 31.5 Å². The van der Waals surface area contributed by atoms with Gasteiger partial charge in [-0.05, 0) is 55.0 Å². The van der Waals surface area contributed by atoms with E-state index < -0.39 is 52.2 Å². The molecule has 1 atom stereocenters. The van der Waals surface area contributed by atoms with Gasteiger partial charge in [-0.2, -0.15) is 18.4 Å². The van der Waals surface area contributed by atoms with Crippen molar-refractivity contribution in [1.82, 2.24) is 4.90 Å². The normalized spacial score (nSPS) is 19.6. The number of nitrogens with two attached hydrogens (primary N) is 1. The molecule has 6 nitrogen and oxygen atoms in total. The van der Waals surface area contributed by atoms with Crippen LogP contribution in [0.1, 0.15) is 40.7 Å². The van der Waals surface area contributed by atoms with Gasteiger partial charge in [-0.1, -0.05) is 0 Å². The number of piperidine rings is 1. The molecule has 0 bridgehead atoms. The second-order valence-corrected chi connectivity index (χ2v) is 9.01. The molecule has 0 radical (unpaired) electrons. The third kappa shape index (κ3) is 4.65. The fourth-order valence-corrected chi connectivity index (χ4v) is 5.00. The van der Waals surface area contributed by atoms with E-state index in [1.165, 1.54) is 11.0 Å². The van der Waals surface area contributed by atoms with Gasteiger partial charge in [0.1, 0.15) is 17.7 Å². The Labute approximate surface area is 197 Å². The number of likely N-dealkylation sites (tertiary alicyclic amines) is 1. The van der Waals surface area contributed by atoms with Crippen molar-refractivity contribution >= 4 is 17.5 Å². The quantitative estimate of drug-likeness (QED) is 0.660. The van der Waals surface area contributed by atoms with E-state index in [0.717, 1.165) is 24.3 Å². The Morgan fingerprint density at radius 2 is 1.77 bits per heavy atom. The lowest BCUT2D eigenvalue weighted by Gasteiger charge is -2.40. The van der Waals surface area contributed by atoms with Crippen LogP contribution in [0.15, 0.2) is 36.4 Å². The summed E-state index contributed by atoms with van der Waals surface area (Å²) < 4.78 is 67.5. The van der Waals surface area contributed by atoms with E-state index >= 15 is 0 Å². The summed E-state index contributed by atoms with van der Waals surface area (Å²) in [7, 11) is 0. The van der Waals surface area contributed by atoms with Crippen molar-refractivity contribution < 1.29 is 31.5 Å². The molecule has 4 rings (SSSR count). The molecule has 11 heteroatoms. The van der Waals surface area contributed by atoms with Gasteiger partial charge >= 0.3 is 6.18 Å². The average molecular weight is 492 g/mol. The number of anilines is 1. The van der Waals surface area contributed by atoms with Gasteiger partial charge in [0.05, 0.1) is 22.8 Å². The van der Waals surface area contributed by atoms with Gasteiger partial charge in [-0.15, -0.1) is 0 Å². The molecule has 35 heavy (non-hydrogen) atoms. The number of halogens is 5. The predicted octanol–water partition coefficient (Wildman–Crippen LogP) is 3.84. The van der Waals surface area contributed by atoms with Crippen LogP contribution in [0, 0.1) is 28.4 Å². The molecule has 2 fully saturated rings. The summed E-state index contributed by atoms with van der Waals surface area (Å²) in [6.07, 6.45) is -3.53. The Balaban J connectivity index is 1.53. The molecule has 1 unspecified atom stereocenters. The third-order valence-electron chi connectivity index (χ3n) is 6.88. The molecule has 2 heterocycles. The molecule has 0 aliphatic carbocycles. The molecule has 184 valence electrons. The number of carbonyl (C=O) groups excluding carboxylic acids is 2. The van der Waals surface area contributed by atoms with Gasteiger partial charge in [0.15, 0.2) is 0 Å². The molecule has 0 saturated carbocycles. The topological polar surface area (TPSA) is 90.4 Å². The summed E-state index contributed by atoms with van der Waals surface area (Å²) in [5.74, 6) is -3.41. The fourth-order valence-electron chi connectivity index (χ4n) is 5.00. The standard InChI is InChI=1S/C24H21F5N4O2/c25-15-2-4-17(19(26)9-15)22(35)33-13-23(11-20(33)21(31)34)5-7-32(8-6-23)16-3-1-14(12-30)18(10-16)24(27,28)29/h1-4,9-10,20H,5-8,11,13H2,(H2,31,34). The lowest BCUT2D eigenvalue weighted by atomic mass is 9.76. The Bertz CT molecular complexity index is 1220. The first-order valence-corrected chi connectivity index (χ1v) is 10.9. The van der Waals surface area contributed by atoms with Gasteiger partial charge in [0.25, 0.3) is 5.91 Å². The SMILES string of the molecule is N#Cc1ccc(N2CCC3(CC2)CC(C(N)=O)N(C(=O)c2ccc(F)cc2F)C3)cc1C(F)(F)F. The van der Waals surface area contributed by atoms with E-state index in [-0.39, 0.29) is 18.5 Å². The van der Waals surface area contributed by atoms with Crippen LogP contribution in [0.3, 0.4) is 0 Å². The van der Waals surface area contributed by atoms with Crippen LogP contribution in [0.4, 0.5) is 27.6 Å². The van der Waals surface area contributed by atoms with Crippen LogP contribution in [0.25, 0.3) is 0 Å². The molecule has 2 amide bonds. The van der Waals surface area contributed by atoms with Crippen LogP contribution in [-0.4, -0.2) is 42.4 Å². The second-order valence-electron chi connectivity index (χ2n) is 9.01. The molecule has 2 saturated heterocycles. The van der Waals surface area contributed by atoms with Crippen LogP contribution in [0.2, 0.25) is 0 Å². The first kappa shape index (κ1) is 24.4. The highest BCUT2D eigenvalue weighted by Crippen LogP contribution is 2.45. The van der Waals surface area contributed by atoms with Crippen molar-refractivity contribution in [3.63, 3.8) is 0 Å². The second kappa shape index (κ2) is 8.83. The van der Waals surface area contributed by atoms with Crippen LogP contribution < -0.4 is 10.6 Å². The number of amides is 2. The number of alkyl halides is 3. The number of nitriles is 1. The van der Waals surface area contributed by atoms with Gasteiger partial charge < -0.3 is 15.5 Å². The van der Waals surface area contributed by atoms with Crippen molar-refractivity contribution in [2.24, 2.45) is 11.1 Å². The lowest BCUT2D eigenvalue weighted by Crippen LogP contribution is -2.44. The lowest BCUT2D eigenvalue weighted by molar-refractivity contribution is -0.137. The third-order valence-corrected chi connectivity index (χ3v) is 6.88. The average Bonchev–Trinajstić information content (AvgIpc) is 3.18. The number of rotatable bonds is 3.